The fourth-order valence-corrected chi connectivity index (χ4v) is 3.20. The Labute approximate surface area is 151 Å². The maximum absolute atomic E-state index is 13.4. The van der Waals surface area contributed by atoms with Gasteiger partial charge in [-0.1, -0.05) is 38.7 Å². The van der Waals surface area contributed by atoms with Crippen LogP contribution in [0.2, 0.25) is 0 Å². The third-order valence-corrected chi connectivity index (χ3v) is 4.63. The summed E-state index contributed by atoms with van der Waals surface area (Å²) in [7, 11) is 0. The smallest absolute Gasteiger partial charge is 0.416 e. The van der Waals surface area contributed by atoms with Crippen molar-refractivity contribution in [3.05, 3.63) is 29.3 Å². The lowest BCUT2D eigenvalue weighted by Crippen LogP contribution is -2.30. The quantitative estimate of drug-likeness (QED) is 0.630. The van der Waals surface area contributed by atoms with Crippen LogP contribution in [-0.4, -0.2) is 29.8 Å². The molecule has 0 aliphatic carbocycles. The van der Waals surface area contributed by atoms with Crippen LogP contribution in [0.3, 0.4) is 0 Å². The van der Waals surface area contributed by atoms with Gasteiger partial charge in [-0.05, 0) is 30.5 Å². The van der Waals surface area contributed by atoms with Crippen LogP contribution in [0.1, 0.15) is 56.6 Å². The molecule has 1 aromatic carbocycles. The molecule has 4 nitrogen and oxygen atoms in total. The molecule has 0 aromatic heterocycles. The first-order valence-electron chi connectivity index (χ1n) is 9.14. The molecule has 1 aliphatic heterocycles. The maximum atomic E-state index is 13.4. The van der Waals surface area contributed by atoms with Gasteiger partial charge in [-0.25, -0.2) is 0 Å². The molecule has 0 radical (unpaired) electrons. The molecule has 1 fully saturated rings. The Morgan fingerprint density at radius 1 is 1.27 bits per heavy atom. The van der Waals surface area contributed by atoms with E-state index in [1.54, 1.807) is 6.07 Å². The predicted molar refractivity (Wildman–Crippen MR) is 92.4 cm³/mol. The Morgan fingerprint density at radius 3 is 2.62 bits per heavy atom. The number of unbranched alkanes of at least 4 members (excludes halogenated alkanes) is 4. The molecule has 0 bridgehead atoms. The number of rotatable bonds is 9. The summed E-state index contributed by atoms with van der Waals surface area (Å²) in [5, 5.41) is 11.7. The Morgan fingerprint density at radius 2 is 2.00 bits per heavy atom. The lowest BCUT2D eigenvalue weighted by molar-refractivity contribution is -0.139. The Bertz CT molecular complexity index is 604. The molecule has 2 N–H and O–H groups in total. The summed E-state index contributed by atoms with van der Waals surface area (Å²) in [5.74, 6) is -0.851. The van der Waals surface area contributed by atoms with Crippen LogP contribution in [0.15, 0.2) is 18.2 Å². The fourth-order valence-electron chi connectivity index (χ4n) is 3.20. The number of hydrogen-bond donors (Lipinski definition) is 2. The highest BCUT2D eigenvalue weighted by molar-refractivity contribution is 5.73. The van der Waals surface area contributed by atoms with Crippen LogP contribution in [0, 0.1) is 0 Å². The van der Waals surface area contributed by atoms with Crippen molar-refractivity contribution in [3.8, 4) is 5.75 Å². The minimum absolute atomic E-state index is 0.130. The summed E-state index contributed by atoms with van der Waals surface area (Å²) >= 11 is 0. The van der Waals surface area contributed by atoms with Crippen molar-refractivity contribution in [2.45, 2.75) is 70.2 Å². The van der Waals surface area contributed by atoms with E-state index >= 15 is 0 Å². The molecule has 2 atom stereocenters. The average molecular weight is 373 g/mol. The molecule has 26 heavy (non-hydrogen) atoms. The van der Waals surface area contributed by atoms with Crippen LogP contribution in [0.4, 0.5) is 13.2 Å². The van der Waals surface area contributed by atoms with Gasteiger partial charge in [0.2, 0.25) is 0 Å². The topological polar surface area (TPSA) is 58.6 Å². The molecule has 1 aromatic rings. The Kier molecular flexibility index (Phi) is 7.32. The molecular formula is C19H26F3NO3. The lowest BCUT2D eigenvalue weighted by Gasteiger charge is -2.17. The number of benzene rings is 1. The van der Waals surface area contributed by atoms with Gasteiger partial charge in [-0.2, -0.15) is 13.2 Å². The fraction of sp³-hybridized carbons (Fsp3) is 0.632. The second-order valence-corrected chi connectivity index (χ2v) is 6.76. The predicted octanol–water partition coefficient (Wildman–Crippen LogP) is 4.41. The van der Waals surface area contributed by atoms with Gasteiger partial charge < -0.3 is 15.2 Å². The summed E-state index contributed by atoms with van der Waals surface area (Å²) in [6.07, 6.45) is 0.639. The summed E-state index contributed by atoms with van der Waals surface area (Å²) in [6.45, 7) is 2.40. The van der Waals surface area contributed by atoms with Gasteiger partial charge in [0.25, 0.3) is 0 Å². The van der Waals surface area contributed by atoms with E-state index in [4.69, 9.17) is 9.84 Å². The van der Waals surface area contributed by atoms with E-state index in [1.165, 1.54) is 6.07 Å². The van der Waals surface area contributed by atoms with Gasteiger partial charge in [-0.15, -0.1) is 0 Å². The maximum Gasteiger partial charge on any atom is 0.416 e. The van der Waals surface area contributed by atoms with E-state index in [0.29, 0.717) is 13.0 Å². The third kappa shape index (κ3) is 5.90. The minimum Gasteiger partial charge on any atom is -0.489 e. The molecule has 146 valence electrons. The number of carboxylic acid groups (broad SMARTS) is 1. The number of hydrogen-bond acceptors (Lipinski definition) is 3. The zero-order valence-electron chi connectivity index (χ0n) is 14.9. The van der Waals surface area contributed by atoms with E-state index in [9.17, 15) is 18.0 Å². The molecule has 2 rings (SSSR count). The first-order chi connectivity index (χ1) is 12.3. The molecule has 0 unspecified atom stereocenters. The highest BCUT2D eigenvalue weighted by atomic mass is 19.4. The SMILES string of the molecule is CCCCCCCc1ccc(O[C@H]2CN[C@H](C(=O)O)C2)cc1C(F)(F)F. The molecular weight excluding hydrogens is 347 g/mol. The van der Waals surface area contributed by atoms with Crippen LogP contribution >= 0.6 is 0 Å². The van der Waals surface area contributed by atoms with Gasteiger partial charge in [0.05, 0.1) is 5.56 Å². The first-order valence-corrected chi connectivity index (χ1v) is 9.14. The summed E-state index contributed by atoms with van der Waals surface area (Å²) in [4.78, 5) is 10.9. The normalized spacial score (nSPS) is 20.3. The largest absolute Gasteiger partial charge is 0.489 e. The van der Waals surface area contributed by atoms with E-state index < -0.39 is 29.9 Å². The second kappa shape index (κ2) is 9.26. The number of ether oxygens (including phenoxy) is 1. The monoisotopic (exact) mass is 373 g/mol. The van der Waals surface area contributed by atoms with Crippen molar-refractivity contribution in [1.29, 1.82) is 0 Å². The summed E-state index contributed by atoms with van der Waals surface area (Å²) < 4.78 is 45.8. The third-order valence-electron chi connectivity index (χ3n) is 4.63. The van der Waals surface area contributed by atoms with Crippen molar-refractivity contribution in [1.82, 2.24) is 5.32 Å². The summed E-state index contributed by atoms with van der Waals surface area (Å²) in [6, 6.07) is 3.35. The van der Waals surface area contributed by atoms with Gasteiger partial charge in [-0.3, -0.25) is 4.79 Å². The lowest BCUT2D eigenvalue weighted by atomic mass is 10.00. The number of carbonyl (C=O) groups is 1. The number of aliphatic carboxylic acids is 1. The number of aryl methyl sites for hydroxylation is 1. The zero-order chi connectivity index (χ0) is 19.2. The highest BCUT2D eigenvalue weighted by Crippen LogP contribution is 2.35. The van der Waals surface area contributed by atoms with Crippen molar-refractivity contribution < 1.29 is 27.8 Å². The van der Waals surface area contributed by atoms with Crippen LogP contribution in [-0.2, 0) is 17.4 Å². The van der Waals surface area contributed by atoms with E-state index in [1.807, 2.05) is 0 Å². The van der Waals surface area contributed by atoms with Crippen LogP contribution in [0.5, 0.6) is 5.75 Å². The number of alkyl halides is 3. The Balaban J connectivity index is 2.02. The second-order valence-electron chi connectivity index (χ2n) is 6.76. The highest BCUT2D eigenvalue weighted by Gasteiger charge is 2.35. The molecule has 1 saturated heterocycles. The van der Waals surface area contributed by atoms with Gasteiger partial charge in [0, 0.05) is 13.0 Å². The number of nitrogens with one attached hydrogen (secondary N) is 1. The zero-order valence-corrected chi connectivity index (χ0v) is 14.9. The number of carboxylic acids is 1. The van der Waals surface area contributed by atoms with E-state index in [-0.39, 0.29) is 17.7 Å². The molecule has 1 heterocycles. The standard InChI is InChI=1S/C19H26F3NO3/c1-2-3-4-5-6-7-13-8-9-14(10-16(13)19(20,21)22)26-15-11-17(18(24)25)23-12-15/h8-10,15,17,23H,2-7,11-12H2,1H3,(H,24,25)/t15-,17+/m1/s1. The van der Waals surface area contributed by atoms with Gasteiger partial charge in [0.15, 0.2) is 0 Å². The van der Waals surface area contributed by atoms with Crippen LogP contribution in [0.25, 0.3) is 0 Å². The summed E-state index contributed by atoms with van der Waals surface area (Å²) in [5.41, 5.74) is -0.374. The van der Waals surface area contributed by atoms with Crippen molar-refractivity contribution in [2.75, 3.05) is 6.54 Å². The minimum atomic E-state index is -4.43. The Hall–Kier alpha value is -1.76. The van der Waals surface area contributed by atoms with Crippen molar-refractivity contribution in [3.63, 3.8) is 0 Å². The molecule has 7 heteroatoms. The van der Waals surface area contributed by atoms with Gasteiger partial charge >= 0.3 is 12.1 Å². The molecule has 0 amide bonds. The van der Waals surface area contributed by atoms with Crippen molar-refractivity contribution in [2.24, 2.45) is 0 Å². The average Bonchev–Trinajstić information content (AvgIpc) is 3.03. The molecule has 1 aliphatic rings. The molecule has 0 saturated carbocycles. The van der Waals surface area contributed by atoms with E-state index in [2.05, 4.69) is 12.2 Å². The molecule has 0 spiro atoms. The van der Waals surface area contributed by atoms with Crippen LogP contribution < -0.4 is 10.1 Å². The van der Waals surface area contributed by atoms with Gasteiger partial charge in [0.1, 0.15) is 17.9 Å². The van der Waals surface area contributed by atoms with E-state index in [0.717, 1.165) is 38.2 Å². The number of halogens is 3. The van der Waals surface area contributed by atoms with Crippen molar-refractivity contribution >= 4 is 5.97 Å². The first kappa shape index (κ1) is 20.6.